The number of rotatable bonds is 8. The van der Waals surface area contributed by atoms with Crippen LogP contribution in [0.3, 0.4) is 0 Å². The summed E-state index contributed by atoms with van der Waals surface area (Å²) < 4.78 is 11.0. The van der Waals surface area contributed by atoms with E-state index in [2.05, 4.69) is 36.2 Å². The van der Waals surface area contributed by atoms with Crippen LogP contribution in [0.2, 0.25) is 0 Å². The second-order valence-electron chi connectivity index (χ2n) is 6.00. The highest BCUT2D eigenvalue weighted by molar-refractivity contribution is 7.99. The van der Waals surface area contributed by atoms with Crippen LogP contribution in [0.15, 0.2) is 33.9 Å². The molecule has 1 atom stereocenters. The number of benzene rings is 1. The number of nitrogens with zero attached hydrogens (tertiary/aromatic N) is 2. The maximum atomic E-state index is 9.83. The van der Waals surface area contributed by atoms with Gasteiger partial charge >= 0.3 is 0 Å². The fraction of sp³-hybridized carbons (Fsp3) is 0.529. The minimum atomic E-state index is -0.553. The van der Waals surface area contributed by atoms with Crippen LogP contribution >= 0.6 is 11.8 Å². The molecule has 5 nitrogen and oxygen atoms in total. The van der Waals surface area contributed by atoms with Crippen molar-refractivity contribution in [3.8, 4) is 11.5 Å². The Labute approximate surface area is 141 Å². The molecule has 0 amide bonds. The van der Waals surface area contributed by atoms with Crippen molar-refractivity contribution in [1.82, 2.24) is 10.2 Å². The van der Waals surface area contributed by atoms with Gasteiger partial charge < -0.3 is 14.3 Å². The van der Waals surface area contributed by atoms with Gasteiger partial charge in [-0.1, -0.05) is 37.7 Å². The zero-order chi connectivity index (χ0) is 16.8. The first-order chi connectivity index (χ1) is 11.0. The lowest BCUT2D eigenvalue weighted by atomic mass is 10.0. The quantitative estimate of drug-likeness (QED) is 0.741. The Kier molecular flexibility index (Phi) is 6.62. The number of aliphatic hydroxyl groups is 1. The summed E-state index contributed by atoms with van der Waals surface area (Å²) in [6.45, 7) is 8.50. The van der Waals surface area contributed by atoms with Gasteiger partial charge in [0, 0.05) is 11.3 Å². The summed E-state index contributed by atoms with van der Waals surface area (Å²) >= 11 is 1.33. The predicted molar refractivity (Wildman–Crippen MR) is 91.6 cm³/mol. The van der Waals surface area contributed by atoms with Crippen molar-refractivity contribution in [2.45, 2.75) is 51.0 Å². The van der Waals surface area contributed by atoms with E-state index in [0.29, 0.717) is 29.4 Å². The van der Waals surface area contributed by atoms with Gasteiger partial charge in [-0.15, -0.1) is 10.2 Å². The van der Waals surface area contributed by atoms with Crippen molar-refractivity contribution in [2.24, 2.45) is 0 Å². The third-order valence-electron chi connectivity index (χ3n) is 3.25. The number of aliphatic hydroxyl groups excluding tert-OH is 1. The van der Waals surface area contributed by atoms with Gasteiger partial charge in [-0.3, -0.25) is 0 Å². The fourth-order valence-corrected chi connectivity index (χ4v) is 2.58. The van der Waals surface area contributed by atoms with Crippen LogP contribution in [0.25, 0.3) is 11.5 Å². The number of ether oxygens (including phenoxy) is 1. The molecule has 0 fully saturated rings. The van der Waals surface area contributed by atoms with Crippen molar-refractivity contribution in [3.05, 3.63) is 29.8 Å². The van der Waals surface area contributed by atoms with E-state index in [1.54, 1.807) is 0 Å². The number of hydrogen-bond donors (Lipinski definition) is 1. The Balaban J connectivity index is 1.90. The summed E-state index contributed by atoms with van der Waals surface area (Å²) in [6, 6.07) is 8.12. The summed E-state index contributed by atoms with van der Waals surface area (Å²) in [5.74, 6) is 1.45. The molecule has 0 aliphatic rings. The normalized spacial score (nSPS) is 13.0. The summed E-state index contributed by atoms with van der Waals surface area (Å²) in [7, 11) is 0. The standard InChI is InChI=1S/C17H24N2O3S/c1-11(2)13-5-7-14(8-6-13)16-18-19-17(22-16)23-10-15(20)9-21-12(3)4/h5-8,11-12,15,20H,9-10H2,1-4H3. The minimum Gasteiger partial charge on any atom is -0.411 e. The molecule has 2 rings (SSSR count). The molecule has 2 aromatic rings. The van der Waals surface area contributed by atoms with E-state index in [1.165, 1.54) is 17.3 Å². The number of thioether (sulfide) groups is 1. The van der Waals surface area contributed by atoms with Crippen LogP contribution in [0.5, 0.6) is 0 Å². The van der Waals surface area contributed by atoms with Gasteiger partial charge in [-0.25, -0.2) is 0 Å². The van der Waals surface area contributed by atoms with Gasteiger partial charge in [0.25, 0.3) is 5.22 Å². The van der Waals surface area contributed by atoms with E-state index in [1.807, 2.05) is 26.0 Å². The Morgan fingerprint density at radius 3 is 2.43 bits per heavy atom. The average Bonchev–Trinajstić information content (AvgIpc) is 3.00. The largest absolute Gasteiger partial charge is 0.411 e. The number of aromatic nitrogens is 2. The molecule has 6 heteroatoms. The maximum Gasteiger partial charge on any atom is 0.276 e. The Morgan fingerprint density at radius 2 is 1.83 bits per heavy atom. The predicted octanol–water partition coefficient (Wildman–Crippen LogP) is 3.74. The molecule has 0 radical (unpaired) electrons. The zero-order valence-electron chi connectivity index (χ0n) is 14.0. The molecule has 0 saturated carbocycles. The molecule has 0 bridgehead atoms. The minimum absolute atomic E-state index is 0.110. The van der Waals surface area contributed by atoms with Crippen LogP contribution in [0.4, 0.5) is 0 Å². The van der Waals surface area contributed by atoms with Crippen LogP contribution in [-0.2, 0) is 4.74 Å². The van der Waals surface area contributed by atoms with Crippen molar-refractivity contribution in [2.75, 3.05) is 12.4 Å². The highest BCUT2D eigenvalue weighted by Crippen LogP contribution is 2.25. The Hall–Kier alpha value is -1.37. The van der Waals surface area contributed by atoms with Gasteiger partial charge in [-0.05, 0) is 37.5 Å². The van der Waals surface area contributed by atoms with E-state index >= 15 is 0 Å². The van der Waals surface area contributed by atoms with Gasteiger partial charge in [0.15, 0.2) is 0 Å². The lowest BCUT2D eigenvalue weighted by Crippen LogP contribution is -2.20. The molecule has 1 heterocycles. The highest BCUT2D eigenvalue weighted by Gasteiger charge is 2.12. The second-order valence-corrected chi connectivity index (χ2v) is 6.97. The molecule has 0 aliphatic carbocycles. The summed E-state index contributed by atoms with van der Waals surface area (Å²) in [5.41, 5.74) is 2.17. The lowest BCUT2D eigenvalue weighted by molar-refractivity contribution is 0.0152. The van der Waals surface area contributed by atoms with Crippen molar-refractivity contribution in [3.63, 3.8) is 0 Å². The molecule has 1 unspecified atom stereocenters. The van der Waals surface area contributed by atoms with E-state index in [0.717, 1.165) is 5.56 Å². The molecule has 1 N–H and O–H groups in total. The lowest BCUT2D eigenvalue weighted by Gasteiger charge is -2.11. The molecule has 0 spiro atoms. The second kappa shape index (κ2) is 8.47. The van der Waals surface area contributed by atoms with Crippen molar-refractivity contribution < 1.29 is 14.3 Å². The SMILES string of the molecule is CC(C)OCC(O)CSc1nnc(-c2ccc(C(C)C)cc2)o1. The third-order valence-corrected chi connectivity index (χ3v) is 4.22. The van der Waals surface area contributed by atoms with Gasteiger partial charge in [0.2, 0.25) is 5.89 Å². The Bertz CT molecular complexity index is 596. The fourth-order valence-electron chi connectivity index (χ4n) is 1.91. The first-order valence-electron chi connectivity index (χ1n) is 7.82. The van der Waals surface area contributed by atoms with Crippen LogP contribution < -0.4 is 0 Å². The topological polar surface area (TPSA) is 68.4 Å². The summed E-state index contributed by atoms with van der Waals surface area (Å²) in [4.78, 5) is 0. The first-order valence-corrected chi connectivity index (χ1v) is 8.80. The van der Waals surface area contributed by atoms with E-state index < -0.39 is 6.10 Å². The average molecular weight is 336 g/mol. The summed E-state index contributed by atoms with van der Waals surface area (Å²) in [6.07, 6.45) is -0.443. The molecule has 1 aromatic heterocycles. The van der Waals surface area contributed by atoms with E-state index in [-0.39, 0.29) is 6.10 Å². The molecular weight excluding hydrogens is 312 g/mol. The van der Waals surface area contributed by atoms with Crippen LogP contribution in [0, 0.1) is 0 Å². The van der Waals surface area contributed by atoms with Crippen LogP contribution in [0.1, 0.15) is 39.2 Å². The van der Waals surface area contributed by atoms with Crippen LogP contribution in [-0.4, -0.2) is 39.9 Å². The van der Waals surface area contributed by atoms with E-state index in [4.69, 9.17) is 9.15 Å². The van der Waals surface area contributed by atoms with E-state index in [9.17, 15) is 5.11 Å². The van der Waals surface area contributed by atoms with Crippen molar-refractivity contribution in [1.29, 1.82) is 0 Å². The summed E-state index contributed by atoms with van der Waals surface area (Å²) in [5, 5.41) is 18.4. The van der Waals surface area contributed by atoms with Gasteiger partial charge in [-0.2, -0.15) is 0 Å². The Morgan fingerprint density at radius 1 is 1.13 bits per heavy atom. The molecule has 126 valence electrons. The molecule has 0 saturated heterocycles. The van der Waals surface area contributed by atoms with Gasteiger partial charge in [0.05, 0.1) is 18.8 Å². The van der Waals surface area contributed by atoms with Gasteiger partial charge in [0.1, 0.15) is 0 Å². The smallest absolute Gasteiger partial charge is 0.276 e. The monoisotopic (exact) mass is 336 g/mol. The molecule has 23 heavy (non-hydrogen) atoms. The zero-order valence-corrected chi connectivity index (χ0v) is 14.8. The highest BCUT2D eigenvalue weighted by atomic mass is 32.2. The molecular formula is C17H24N2O3S. The third kappa shape index (κ3) is 5.64. The molecule has 0 aliphatic heterocycles. The van der Waals surface area contributed by atoms with Crippen molar-refractivity contribution >= 4 is 11.8 Å². The maximum absolute atomic E-state index is 9.83. The first kappa shape index (κ1) is 18.0. The number of hydrogen-bond acceptors (Lipinski definition) is 6. The molecule has 1 aromatic carbocycles.